The Morgan fingerprint density at radius 3 is 2.59 bits per heavy atom. The lowest BCUT2D eigenvalue weighted by atomic mass is 10.2. The molecular formula is C20H21N5O6S. The Kier molecular flexibility index (Phi) is 7.63. The zero-order chi connectivity index (χ0) is 23.0. The summed E-state index contributed by atoms with van der Waals surface area (Å²) in [6.45, 7) is 0.0204. The maximum Gasteiger partial charge on any atom is 0.270 e. The summed E-state index contributed by atoms with van der Waals surface area (Å²) in [6.07, 6.45) is 1.13. The monoisotopic (exact) mass is 459 g/mol. The van der Waals surface area contributed by atoms with Crippen LogP contribution in [-0.4, -0.2) is 42.5 Å². The van der Waals surface area contributed by atoms with E-state index in [0.717, 1.165) is 11.6 Å². The van der Waals surface area contributed by atoms with Gasteiger partial charge in [-0.05, 0) is 24.6 Å². The Morgan fingerprint density at radius 2 is 1.84 bits per heavy atom. The van der Waals surface area contributed by atoms with Gasteiger partial charge in [-0.15, -0.1) is 10.2 Å². The van der Waals surface area contributed by atoms with E-state index in [1.54, 1.807) is 0 Å². The minimum atomic E-state index is -3.92. The average Bonchev–Trinajstić information content (AvgIpc) is 3.26. The van der Waals surface area contributed by atoms with Crippen molar-refractivity contribution in [1.29, 1.82) is 0 Å². The quantitative estimate of drug-likeness (QED) is 0.251. The smallest absolute Gasteiger partial charge is 0.270 e. The van der Waals surface area contributed by atoms with E-state index in [1.807, 2.05) is 30.3 Å². The van der Waals surface area contributed by atoms with Crippen LogP contribution < -0.4 is 10.0 Å². The largest absolute Gasteiger partial charge is 0.421 e. The molecule has 0 bridgehead atoms. The Labute approximate surface area is 184 Å². The van der Waals surface area contributed by atoms with Crippen molar-refractivity contribution in [2.75, 3.05) is 13.1 Å². The lowest BCUT2D eigenvalue weighted by Gasteiger charge is -2.08. The number of aromatic nitrogens is 2. The molecule has 3 aromatic rings. The minimum absolute atomic E-state index is 0.0547. The van der Waals surface area contributed by atoms with Gasteiger partial charge in [-0.25, -0.2) is 13.1 Å². The number of hydrogen-bond donors (Lipinski definition) is 2. The van der Waals surface area contributed by atoms with Gasteiger partial charge in [0, 0.05) is 43.6 Å². The lowest BCUT2D eigenvalue weighted by molar-refractivity contribution is -0.385. The molecule has 0 unspecified atom stereocenters. The van der Waals surface area contributed by atoms with Crippen LogP contribution in [0.4, 0.5) is 5.69 Å². The second kappa shape index (κ2) is 10.6. The molecule has 0 atom stereocenters. The maximum atomic E-state index is 12.2. The number of rotatable bonds is 11. The van der Waals surface area contributed by atoms with Crippen LogP contribution in [0.3, 0.4) is 0 Å². The van der Waals surface area contributed by atoms with Gasteiger partial charge in [0.2, 0.25) is 27.7 Å². The van der Waals surface area contributed by atoms with Crippen molar-refractivity contribution in [3.05, 3.63) is 70.6 Å². The molecule has 168 valence electrons. The third-order valence-electron chi connectivity index (χ3n) is 4.36. The van der Waals surface area contributed by atoms with Crippen molar-refractivity contribution < 1.29 is 22.6 Å². The van der Waals surface area contributed by atoms with Crippen LogP contribution in [0, 0.1) is 10.1 Å². The lowest BCUT2D eigenvalue weighted by Crippen LogP contribution is -2.34. The molecule has 1 heterocycles. The van der Waals surface area contributed by atoms with Crippen LogP contribution >= 0.6 is 0 Å². The van der Waals surface area contributed by atoms with Gasteiger partial charge in [0.05, 0.1) is 9.82 Å². The van der Waals surface area contributed by atoms with Gasteiger partial charge in [0.25, 0.3) is 5.69 Å². The Bertz CT molecular complexity index is 1180. The molecule has 2 N–H and O–H groups in total. The predicted molar refractivity (Wildman–Crippen MR) is 114 cm³/mol. The van der Waals surface area contributed by atoms with Crippen molar-refractivity contribution in [3.63, 3.8) is 0 Å². The summed E-state index contributed by atoms with van der Waals surface area (Å²) < 4.78 is 32.3. The van der Waals surface area contributed by atoms with Gasteiger partial charge in [0.1, 0.15) is 0 Å². The van der Waals surface area contributed by atoms with Crippen molar-refractivity contribution in [2.45, 2.75) is 24.2 Å². The summed E-state index contributed by atoms with van der Waals surface area (Å²) in [6, 6.07) is 14.1. The molecule has 1 aromatic heterocycles. The molecule has 3 rings (SSSR count). The highest BCUT2D eigenvalue weighted by molar-refractivity contribution is 7.89. The van der Waals surface area contributed by atoms with Crippen LogP contribution in [0.25, 0.3) is 11.5 Å². The van der Waals surface area contributed by atoms with Gasteiger partial charge in [-0.1, -0.05) is 24.3 Å². The Hall–Kier alpha value is -3.64. The van der Waals surface area contributed by atoms with E-state index in [4.69, 9.17) is 4.42 Å². The number of carbonyl (C=O) groups excluding carboxylic acids is 1. The molecule has 0 fully saturated rings. The molecule has 1 amide bonds. The molecule has 11 nitrogen and oxygen atoms in total. The summed E-state index contributed by atoms with van der Waals surface area (Å²) in [5.41, 5.74) is 0.495. The number of non-ortho nitro benzene ring substituents is 1. The van der Waals surface area contributed by atoms with Crippen LogP contribution in [0.2, 0.25) is 0 Å². The number of carbonyl (C=O) groups is 1. The van der Waals surface area contributed by atoms with E-state index in [2.05, 4.69) is 20.2 Å². The summed E-state index contributed by atoms with van der Waals surface area (Å²) in [7, 11) is -3.92. The van der Waals surface area contributed by atoms with E-state index >= 15 is 0 Å². The number of nitro benzene ring substituents is 1. The van der Waals surface area contributed by atoms with Gasteiger partial charge in [0.15, 0.2) is 0 Å². The topological polar surface area (TPSA) is 157 Å². The number of benzene rings is 2. The van der Waals surface area contributed by atoms with E-state index < -0.39 is 14.9 Å². The average molecular weight is 459 g/mol. The first kappa shape index (κ1) is 23.0. The molecule has 0 saturated heterocycles. The molecular weight excluding hydrogens is 438 g/mol. The summed E-state index contributed by atoms with van der Waals surface area (Å²) in [4.78, 5) is 21.8. The number of nitro groups is 1. The number of amides is 1. The highest BCUT2D eigenvalue weighted by Crippen LogP contribution is 2.18. The maximum absolute atomic E-state index is 12.2. The second-order valence-corrected chi connectivity index (χ2v) is 8.49. The first-order chi connectivity index (χ1) is 15.3. The summed E-state index contributed by atoms with van der Waals surface area (Å²) in [5, 5.41) is 21.4. The Morgan fingerprint density at radius 1 is 1.06 bits per heavy atom. The molecule has 32 heavy (non-hydrogen) atoms. The van der Waals surface area contributed by atoms with Crippen LogP contribution in [0.15, 0.2) is 63.9 Å². The van der Waals surface area contributed by atoms with Crippen molar-refractivity contribution in [3.8, 4) is 11.5 Å². The fourth-order valence-electron chi connectivity index (χ4n) is 2.78. The molecule has 2 aromatic carbocycles. The normalized spacial score (nSPS) is 11.2. The van der Waals surface area contributed by atoms with Crippen LogP contribution in [0.1, 0.15) is 18.7 Å². The van der Waals surface area contributed by atoms with Crippen LogP contribution in [0.5, 0.6) is 0 Å². The number of aryl methyl sites for hydroxylation is 1. The summed E-state index contributed by atoms with van der Waals surface area (Å²) in [5.74, 6) is 0.602. The fraction of sp³-hybridized carbons (Fsp3) is 0.250. The number of nitrogens with zero attached hydrogens (tertiary/aromatic N) is 3. The third-order valence-corrected chi connectivity index (χ3v) is 5.82. The molecule has 0 saturated carbocycles. The molecule has 0 aliphatic carbocycles. The Balaban J connectivity index is 1.37. The van der Waals surface area contributed by atoms with E-state index in [-0.39, 0.29) is 36.0 Å². The first-order valence-corrected chi connectivity index (χ1v) is 11.2. The van der Waals surface area contributed by atoms with Gasteiger partial charge < -0.3 is 9.73 Å². The predicted octanol–water partition coefficient (Wildman–Crippen LogP) is 2.06. The van der Waals surface area contributed by atoms with Crippen molar-refractivity contribution in [2.24, 2.45) is 0 Å². The third kappa shape index (κ3) is 6.43. The van der Waals surface area contributed by atoms with E-state index in [0.29, 0.717) is 24.6 Å². The van der Waals surface area contributed by atoms with E-state index in [1.165, 1.54) is 18.2 Å². The fourth-order valence-corrected chi connectivity index (χ4v) is 3.85. The first-order valence-electron chi connectivity index (χ1n) is 9.74. The number of sulfonamides is 1. The minimum Gasteiger partial charge on any atom is -0.421 e. The zero-order valence-electron chi connectivity index (χ0n) is 16.9. The van der Waals surface area contributed by atoms with Gasteiger partial charge >= 0.3 is 0 Å². The number of hydrogen-bond acceptors (Lipinski definition) is 8. The molecule has 0 aliphatic heterocycles. The molecule has 0 aliphatic rings. The van der Waals surface area contributed by atoms with Crippen molar-refractivity contribution >= 4 is 21.6 Å². The summed E-state index contributed by atoms with van der Waals surface area (Å²) >= 11 is 0. The highest BCUT2D eigenvalue weighted by Gasteiger charge is 2.17. The van der Waals surface area contributed by atoms with Gasteiger partial charge in [-0.3, -0.25) is 14.9 Å². The molecule has 12 heteroatoms. The standard InChI is InChI=1S/C20H21N5O6S/c26-18(10-5-11-19-23-24-20(31-19)15-6-2-1-3-7-15)21-12-13-22-32(29,30)17-9-4-8-16(14-17)25(27)28/h1-4,6-9,14,22H,5,10-13H2,(H,21,26). The molecule has 0 spiro atoms. The number of nitrogens with one attached hydrogen (secondary N) is 2. The zero-order valence-corrected chi connectivity index (χ0v) is 17.7. The second-order valence-electron chi connectivity index (χ2n) is 6.72. The van der Waals surface area contributed by atoms with Crippen LogP contribution in [-0.2, 0) is 21.2 Å². The van der Waals surface area contributed by atoms with E-state index in [9.17, 15) is 23.3 Å². The van der Waals surface area contributed by atoms with Gasteiger partial charge in [-0.2, -0.15) is 0 Å². The highest BCUT2D eigenvalue weighted by atomic mass is 32.2. The van der Waals surface area contributed by atoms with Crippen molar-refractivity contribution in [1.82, 2.24) is 20.2 Å². The molecule has 0 radical (unpaired) electrons. The SMILES string of the molecule is O=C(CCCc1nnc(-c2ccccc2)o1)NCCNS(=O)(=O)c1cccc([N+](=O)[O-])c1.